The number of hydrogen-bond donors (Lipinski definition) is 3. The Hall–Kier alpha value is -3.93. The highest BCUT2D eigenvalue weighted by Crippen LogP contribution is 2.20. The van der Waals surface area contributed by atoms with Gasteiger partial charge in [0.15, 0.2) is 0 Å². The predicted octanol–water partition coefficient (Wildman–Crippen LogP) is 4.54. The highest BCUT2D eigenvalue weighted by Gasteiger charge is 2.19. The summed E-state index contributed by atoms with van der Waals surface area (Å²) in [7, 11) is 0. The van der Waals surface area contributed by atoms with Gasteiger partial charge in [0.1, 0.15) is 0 Å². The predicted molar refractivity (Wildman–Crippen MR) is 122 cm³/mol. The molecule has 0 aliphatic rings. The van der Waals surface area contributed by atoms with Crippen LogP contribution >= 0.6 is 0 Å². The number of rotatable bonds is 8. The summed E-state index contributed by atoms with van der Waals surface area (Å²) in [4.78, 5) is 36.8. The van der Waals surface area contributed by atoms with Crippen molar-refractivity contribution in [3.05, 3.63) is 96.1 Å². The topological polar surface area (TPSA) is 87.3 Å². The number of benzene rings is 3. The van der Waals surface area contributed by atoms with Crippen LogP contribution in [0.3, 0.4) is 0 Å². The monoisotopic (exact) mass is 415 g/mol. The molecule has 6 nitrogen and oxygen atoms in total. The minimum absolute atomic E-state index is 0.0725. The number of hydrogen-bond acceptors (Lipinski definition) is 3. The molecule has 3 aromatic carbocycles. The Morgan fingerprint density at radius 2 is 1.23 bits per heavy atom. The fourth-order valence-electron chi connectivity index (χ4n) is 3.05. The number of nitrogens with one attached hydrogen (secondary N) is 3. The Labute approximate surface area is 181 Å². The molecule has 3 rings (SSSR count). The summed E-state index contributed by atoms with van der Waals surface area (Å²) in [5, 5.41) is 8.57. The Morgan fingerprint density at radius 1 is 0.710 bits per heavy atom. The zero-order valence-corrected chi connectivity index (χ0v) is 17.3. The lowest BCUT2D eigenvalue weighted by Crippen LogP contribution is -2.31. The van der Waals surface area contributed by atoms with Crippen LogP contribution in [0.2, 0.25) is 0 Å². The van der Waals surface area contributed by atoms with Gasteiger partial charge in [-0.1, -0.05) is 55.5 Å². The number of anilines is 2. The van der Waals surface area contributed by atoms with Crippen LogP contribution in [-0.4, -0.2) is 17.7 Å². The van der Waals surface area contributed by atoms with E-state index in [1.54, 1.807) is 55.5 Å². The van der Waals surface area contributed by atoms with Crippen LogP contribution < -0.4 is 16.0 Å². The second kappa shape index (κ2) is 10.7. The molecule has 31 heavy (non-hydrogen) atoms. The molecule has 158 valence electrons. The molecule has 0 heterocycles. The van der Waals surface area contributed by atoms with Crippen LogP contribution in [0.4, 0.5) is 11.4 Å². The normalized spacial score (nSPS) is 11.3. The van der Waals surface area contributed by atoms with Crippen LogP contribution in [0, 0.1) is 0 Å². The summed E-state index contributed by atoms with van der Waals surface area (Å²) in [6.45, 7) is 1.78. The van der Waals surface area contributed by atoms with Crippen molar-refractivity contribution in [2.24, 2.45) is 0 Å². The van der Waals surface area contributed by atoms with Gasteiger partial charge < -0.3 is 16.0 Å². The van der Waals surface area contributed by atoms with Crippen molar-refractivity contribution in [1.29, 1.82) is 0 Å². The third kappa shape index (κ3) is 6.54. The van der Waals surface area contributed by atoms with E-state index in [2.05, 4.69) is 16.0 Å². The molecule has 0 fully saturated rings. The highest BCUT2D eigenvalue weighted by molar-refractivity contribution is 5.96. The van der Waals surface area contributed by atoms with E-state index in [-0.39, 0.29) is 24.1 Å². The van der Waals surface area contributed by atoms with Gasteiger partial charge in [-0.25, -0.2) is 0 Å². The van der Waals surface area contributed by atoms with E-state index in [1.165, 1.54) is 0 Å². The molecule has 0 aromatic heterocycles. The maximum Gasteiger partial charge on any atom is 0.251 e. The van der Waals surface area contributed by atoms with E-state index in [1.807, 2.05) is 36.4 Å². The quantitative estimate of drug-likeness (QED) is 0.505. The maximum atomic E-state index is 12.7. The second-order valence-corrected chi connectivity index (χ2v) is 7.03. The average molecular weight is 415 g/mol. The molecule has 3 aromatic rings. The maximum absolute atomic E-state index is 12.7. The van der Waals surface area contributed by atoms with Gasteiger partial charge >= 0.3 is 0 Å². The third-order valence-corrected chi connectivity index (χ3v) is 4.71. The average Bonchev–Trinajstić information content (AvgIpc) is 2.81. The number of amides is 3. The van der Waals surface area contributed by atoms with Crippen LogP contribution in [0.15, 0.2) is 84.9 Å². The van der Waals surface area contributed by atoms with Crippen molar-refractivity contribution in [3.63, 3.8) is 0 Å². The smallest absolute Gasteiger partial charge is 0.251 e. The first-order valence-electron chi connectivity index (χ1n) is 10.2. The van der Waals surface area contributed by atoms with Gasteiger partial charge in [0, 0.05) is 23.4 Å². The molecule has 1 atom stereocenters. The molecule has 3 amide bonds. The standard InChI is InChI=1S/C25H25N3O3/c1-2-23(29)26-20-13-15-21(16-14-20)27-24(30)17-22(18-9-5-3-6-10-18)28-25(31)19-11-7-4-8-12-19/h3-16,22H,2,17H2,1H3,(H,26,29)(H,27,30)(H,28,31). The zero-order valence-electron chi connectivity index (χ0n) is 17.3. The van der Waals surface area contributed by atoms with E-state index in [0.717, 1.165) is 5.56 Å². The molecule has 1 unspecified atom stereocenters. The second-order valence-electron chi connectivity index (χ2n) is 7.03. The van der Waals surface area contributed by atoms with E-state index < -0.39 is 6.04 Å². The van der Waals surface area contributed by atoms with Gasteiger partial charge in [-0.05, 0) is 42.0 Å². The minimum Gasteiger partial charge on any atom is -0.345 e. The molecule has 6 heteroatoms. The Kier molecular flexibility index (Phi) is 7.54. The first kappa shape index (κ1) is 21.8. The molecule has 0 radical (unpaired) electrons. The van der Waals surface area contributed by atoms with Gasteiger partial charge in [0.05, 0.1) is 12.5 Å². The molecule has 0 aliphatic carbocycles. The minimum atomic E-state index is -0.475. The van der Waals surface area contributed by atoms with Crippen molar-refractivity contribution in [2.75, 3.05) is 10.6 Å². The summed E-state index contributed by atoms with van der Waals surface area (Å²) in [5.41, 5.74) is 2.66. The lowest BCUT2D eigenvalue weighted by atomic mass is 10.0. The fraction of sp³-hybridized carbons (Fsp3) is 0.160. The molecule has 0 bridgehead atoms. The molecule has 0 saturated heterocycles. The van der Waals surface area contributed by atoms with Crippen LogP contribution in [0.25, 0.3) is 0 Å². The largest absolute Gasteiger partial charge is 0.345 e. The van der Waals surface area contributed by atoms with Crippen LogP contribution in [0.5, 0.6) is 0 Å². The van der Waals surface area contributed by atoms with Gasteiger partial charge in [-0.15, -0.1) is 0 Å². The fourth-order valence-corrected chi connectivity index (χ4v) is 3.05. The van der Waals surface area contributed by atoms with Crippen LogP contribution in [-0.2, 0) is 9.59 Å². The molecular formula is C25H25N3O3. The number of carbonyl (C=O) groups is 3. The van der Waals surface area contributed by atoms with Crippen molar-refractivity contribution in [1.82, 2.24) is 5.32 Å². The summed E-state index contributed by atoms with van der Waals surface area (Å²) < 4.78 is 0. The molecule has 0 aliphatic heterocycles. The first-order valence-corrected chi connectivity index (χ1v) is 10.2. The van der Waals surface area contributed by atoms with E-state index in [0.29, 0.717) is 23.4 Å². The third-order valence-electron chi connectivity index (χ3n) is 4.71. The molecule has 0 saturated carbocycles. The van der Waals surface area contributed by atoms with Gasteiger partial charge in [0.2, 0.25) is 11.8 Å². The van der Waals surface area contributed by atoms with Crippen molar-refractivity contribution in [3.8, 4) is 0 Å². The van der Waals surface area contributed by atoms with Crippen LogP contribution in [0.1, 0.15) is 41.7 Å². The number of carbonyl (C=O) groups excluding carboxylic acids is 3. The van der Waals surface area contributed by atoms with Gasteiger partial charge in [-0.2, -0.15) is 0 Å². The van der Waals surface area contributed by atoms with E-state index in [4.69, 9.17) is 0 Å². The lowest BCUT2D eigenvalue weighted by molar-refractivity contribution is -0.117. The zero-order chi connectivity index (χ0) is 22.1. The molecular weight excluding hydrogens is 390 g/mol. The van der Waals surface area contributed by atoms with Crippen molar-refractivity contribution >= 4 is 29.1 Å². The SMILES string of the molecule is CCC(=O)Nc1ccc(NC(=O)CC(NC(=O)c2ccccc2)c2ccccc2)cc1. The van der Waals surface area contributed by atoms with E-state index >= 15 is 0 Å². The van der Waals surface area contributed by atoms with Crippen molar-refractivity contribution < 1.29 is 14.4 Å². The molecule has 0 spiro atoms. The van der Waals surface area contributed by atoms with Gasteiger partial charge in [-0.3, -0.25) is 14.4 Å². The first-order chi connectivity index (χ1) is 15.0. The van der Waals surface area contributed by atoms with Crippen molar-refractivity contribution in [2.45, 2.75) is 25.8 Å². The summed E-state index contributed by atoms with van der Waals surface area (Å²) in [5.74, 6) is -0.539. The Balaban J connectivity index is 1.67. The highest BCUT2D eigenvalue weighted by atomic mass is 16.2. The van der Waals surface area contributed by atoms with Gasteiger partial charge in [0.25, 0.3) is 5.91 Å². The summed E-state index contributed by atoms with van der Waals surface area (Å²) in [6, 6.07) is 24.7. The molecule has 3 N–H and O–H groups in total. The Morgan fingerprint density at radius 3 is 1.77 bits per heavy atom. The summed E-state index contributed by atoms with van der Waals surface area (Å²) >= 11 is 0. The summed E-state index contributed by atoms with van der Waals surface area (Å²) in [6.07, 6.45) is 0.477. The lowest BCUT2D eigenvalue weighted by Gasteiger charge is -2.19. The Bertz CT molecular complexity index is 1020. The van der Waals surface area contributed by atoms with E-state index in [9.17, 15) is 14.4 Å².